The Morgan fingerprint density at radius 2 is 1.65 bits per heavy atom. The molecular weight excluding hydrogens is 779 g/mol. The lowest BCUT2D eigenvalue weighted by Crippen LogP contribution is -2.52. The van der Waals surface area contributed by atoms with Crippen LogP contribution in [0.5, 0.6) is 0 Å². The maximum atomic E-state index is 13.3. The lowest BCUT2D eigenvalue weighted by Gasteiger charge is -2.36. The van der Waals surface area contributed by atoms with Crippen molar-refractivity contribution < 1.29 is 28.8 Å². The van der Waals surface area contributed by atoms with Crippen molar-refractivity contribution in [3.8, 4) is 0 Å². The third-order valence-electron chi connectivity index (χ3n) is 12.0. The van der Waals surface area contributed by atoms with Gasteiger partial charge >= 0.3 is 0 Å². The number of hydrogen-bond acceptors (Lipinski definition) is 9. The van der Waals surface area contributed by atoms with Gasteiger partial charge in [-0.05, 0) is 110 Å². The van der Waals surface area contributed by atoms with E-state index in [4.69, 9.17) is 0 Å². The highest BCUT2D eigenvalue weighted by molar-refractivity contribution is 7.99. The Balaban J connectivity index is 0.751. The summed E-state index contributed by atoms with van der Waals surface area (Å²) in [6.45, 7) is 5.35. The van der Waals surface area contributed by atoms with Crippen LogP contribution in [-0.4, -0.2) is 113 Å². The smallest absolute Gasteiger partial charge is 0.255 e. The molecule has 6 amide bonds. The number of aromatic nitrogens is 1. The van der Waals surface area contributed by atoms with Crippen LogP contribution in [0, 0.1) is 5.92 Å². The van der Waals surface area contributed by atoms with Gasteiger partial charge in [0.25, 0.3) is 11.8 Å². The second-order valence-corrected chi connectivity index (χ2v) is 17.2. The van der Waals surface area contributed by atoms with Gasteiger partial charge in [0.05, 0.1) is 0 Å². The Kier molecular flexibility index (Phi) is 14.7. The summed E-state index contributed by atoms with van der Waals surface area (Å²) >= 11 is 1.68. The number of imide groups is 1. The Morgan fingerprint density at radius 3 is 2.40 bits per heavy atom. The molecule has 0 radical (unpaired) electrons. The lowest BCUT2D eigenvalue weighted by molar-refractivity contribution is -0.137. The van der Waals surface area contributed by atoms with Gasteiger partial charge in [-0.1, -0.05) is 25.0 Å². The molecule has 4 aliphatic rings. The zero-order chi connectivity index (χ0) is 41.8. The Bertz CT molecular complexity index is 2050. The van der Waals surface area contributed by atoms with Crippen LogP contribution in [0.1, 0.15) is 96.1 Å². The molecule has 13 nitrogen and oxygen atoms in total. The summed E-state index contributed by atoms with van der Waals surface area (Å²) in [6.07, 6.45) is 14.5. The van der Waals surface area contributed by atoms with Crippen LogP contribution in [0.2, 0.25) is 0 Å². The van der Waals surface area contributed by atoms with E-state index in [0.717, 1.165) is 98.6 Å². The summed E-state index contributed by atoms with van der Waals surface area (Å²) < 4.78 is 0. The van der Waals surface area contributed by atoms with E-state index in [-0.39, 0.29) is 36.0 Å². The van der Waals surface area contributed by atoms with Gasteiger partial charge in [-0.15, -0.1) is 11.8 Å². The first kappa shape index (κ1) is 42.6. The number of pyridine rings is 1. The van der Waals surface area contributed by atoms with Gasteiger partial charge in [-0.25, -0.2) is 0 Å². The first-order valence-electron chi connectivity index (χ1n) is 21.4. The minimum atomic E-state index is -0.630. The van der Waals surface area contributed by atoms with Crippen molar-refractivity contribution in [3.05, 3.63) is 95.3 Å². The van der Waals surface area contributed by atoms with Crippen LogP contribution in [0.3, 0.4) is 0 Å². The number of piperazine rings is 1. The average Bonchev–Trinajstić information content (AvgIpc) is 3.61. The molecule has 1 atom stereocenters. The van der Waals surface area contributed by atoms with Crippen LogP contribution in [0.15, 0.2) is 78.0 Å². The van der Waals surface area contributed by atoms with Gasteiger partial charge in [0, 0.05) is 105 Å². The van der Waals surface area contributed by atoms with Gasteiger partial charge < -0.3 is 24.9 Å². The molecule has 0 aliphatic carbocycles. The monoisotopic (exact) mass is 833 g/mol. The molecule has 316 valence electrons. The van der Waals surface area contributed by atoms with E-state index < -0.39 is 11.9 Å². The lowest BCUT2D eigenvalue weighted by atomic mass is 9.91. The largest absolute Gasteiger partial charge is 0.368 e. The zero-order valence-electron chi connectivity index (χ0n) is 34.2. The number of piperidine rings is 2. The van der Waals surface area contributed by atoms with E-state index in [1.165, 1.54) is 0 Å². The number of anilines is 1. The minimum Gasteiger partial charge on any atom is -0.368 e. The molecule has 7 rings (SSSR count). The van der Waals surface area contributed by atoms with Crippen molar-refractivity contribution in [2.75, 3.05) is 56.5 Å². The van der Waals surface area contributed by atoms with Gasteiger partial charge in [0.2, 0.25) is 23.6 Å². The molecule has 1 aromatic heterocycles. The molecule has 3 saturated heterocycles. The van der Waals surface area contributed by atoms with Crippen LogP contribution in [0.25, 0.3) is 6.08 Å². The topological polar surface area (TPSA) is 152 Å². The Labute approximate surface area is 356 Å². The summed E-state index contributed by atoms with van der Waals surface area (Å²) in [6, 6.07) is 16.7. The third kappa shape index (κ3) is 11.0. The Hall–Kier alpha value is -5.50. The first-order valence-corrected chi connectivity index (χ1v) is 22.4. The standard InChI is InChI=1S/C46H55N7O6S/c54-41(18-12-34-8-6-22-47-31-34)48-23-3-1-7-33-20-24-52(25-21-33)45(58)35-13-15-36(16-14-35)50-26-28-51(29-27-50)43(56)11-2-4-30-60-40-10-5-9-37-38(40)32-53(46(37)59)39-17-19-42(55)49-44(39)57/h5-6,8-10,12-16,18,22,31,33,39H,1-4,7,11,17,19-21,23-30,32H2,(H,48,54)(H,49,55,57)/b18-12+. The van der Waals surface area contributed by atoms with Crippen molar-refractivity contribution in [3.63, 3.8) is 0 Å². The predicted octanol–water partition coefficient (Wildman–Crippen LogP) is 5.31. The fourth-order valence-corrected chi connectivity index (χ4v) is 9.61. The number of carbonyl (C=O) groups is 6. The second-order valence-electron chi connectivity index (χ2n) is 16.0. The molecule has 5 heterocycles. The van der Waals surface area contributed by atoms with Crippen molar-refractivity contribution in [1.29, 1.82) is 0 Å². The summed E-state index contributed by atoms with van der Waals surface area (Å²) in [7, 11) is 0. The van der Waals surface area contributed by atoms with Gasteiger partial charge in [-0.3, -0.25) is 39.1 Å². The van der Waals surface area contributed by atoms with Crippen LogP contribution in [-0.2, 0) is 25.7 Å². The predicted molar refractivity (Wildman–Crippen MR) is 231 cm³/mol. The van der Waals surface area contributed by atoms with Crippen LogP contribution in [0.4, 0.5) is 5.69 Å². The zero-order valence-corrected chi connectivity index (χ0v) is 35.0. The fraction of sp³-hybridized carbons (Fsp3) is 0.457. The fourth-order valence-electron chi connectivity index (χ4n) is 8.52. The number of unbranched alkanes of at least 4 members (excludes halogenated alkanes) is 2. The minimum absolute atomic E-state index is 0.0788. The summed E-state index contributed by atoms with van der Waals surface area (Å²) in [4.78, 5) is 88.5. The highest BCUT2D eigenvalue weighted by Crippen LogP contribution is 2.35. The number of benzene rings is 2. The third-order valence-corrected chi connectivity index (χ3v) is 13.2. The molecule has 60 heavy (non-hydrogen) atoms. The number of likely N-dealkylation sites (tertiary alicyclic amines) is 1. The second kappa shape index (κ2) is 20.7. The van der Waals surface area contributed by atoms with E-state index in [2.05, 4.69) is 20.5 Å². The molecule has 2 aromatic carbocycles. The molecule has 14 heteroatoms. The highest BCUT2D eigenvalue weighted by Gasteiger charge is 2.40. The number of amides is 6. The SMILES string of the molecule is O=C(/C=C/c1cccnc1)NCCCCC1CCN(C(=O)c2ccc(N3CCN(C(=O)CCCCSc4cccc5c4CN(C4CCC(=O)NC4=O)C5=O)CC3)cc2)CC1. The summed E-state index contributed by atoms with van der Waals surface area (Å²) in [5, 5.41) is 5.31. The molecule has 0 saturated carbocycles. The van der Waals surface area contributed by atoms with Crippen molar-refractivity contribution >= 4 is 59.0 Å². The normalized spacial score (nSPS) is 18.5. The molecule has 0 spiro atoms. The first-order chi connectivity index (χ1) is 29.2. The van der Waals surface area contributed by atoms with Crippen molar-refractivity contribution in [1.82, 2.24) is 30.3 Å². The van der Waals surface area contributed by atoms with Gasteiger partial charge in [0.1, 0.15) is 6.04 Å². The van der Waals surface area contributed by atoms with E-state index in [0.29, 0.717) is 56.1 Å². The number of nitrogens with one attached hydrogen (secondary N) is 2. The Morgan fingerprint density at radius 1 is 0.850 bits per heavy atom. The molecule has 3 fully saturated rings. The summed E-state index contributed by atoms with van der Waals surface area (Å²) in [5.74, 6) is 0.696. The van der Waals surface area contributed by atoms with Crippen LogP contribution < -0.4 is 15.5 Å². The molecule has 0 bridgehead atoms. The molecular formula is C46H55N7O6S. The maximum Gasteiger partial charge on any atom is 0.255 e. The number of thioether (sulfide) groups is 1. The van der Waals surface area contributed by atoms with Crippen LogP contribution >= 0.6 is 11.8 Å². The van der Waals surface area contributed by atoms with Crippen molar-refractivity contribution in [2.45, 2.75) is 81.7 Å². The van der Waals surface area contributed by atoms with Crippen molar-refractivity contribution in [2.24, 2.45) is 5.92 Å². The van der Waals surface area contributed by atoms with E-state index in [9.17, 15) is 28.8 Å². The van der Waals surface area contributed by atoms with E-state index in [1.54, 1.807) is 47.3 Å². The number of rotatable bonds is 16. The molecule has 2 N–H and O–H groups in total. The number of carbonyl (C=O) groups excluding carboxylic acids is 6. The van der Waals surface area contributed by atoms with E-state index in [1.807, 2.05) is 58.3 Å². The number of fused-ring (bicyclic) bond motifs is 1. The number of hydrogen-bond donors (Lipinski definition) is 2. The van der Waals surface area contributed by atoms with Gasteiger partial charge in [-0.2, -0.15) is 0 Å². The quantitative estimate of drug-likeness (QED) is 0.0848. The molecule has 1 unspecified atom stereocenters. The van der Waals surface area contributed by atoms with E-state index >= 15 is 0 Å². The number of nitrogens with zero attached hydrogens (tertiary/aromatic N) is 5. The summed E-state index contributed by atoms with van der Waals surface area (Å²) in [5.41, 5.74) is 4.21. The molecule has 3 aromatic rings. The highest BCUT2D eigenvalue weighted by atomic mass is 32.2. The maximum absolute atomic E-state index is 13.3. The molecule has 4 aliphatic heterocycles. The van der Waals surface area contributed by atoms with Gasteiger partial charge in [0.15, 0.2) is 0 Å². The average molecular weight is 834 g/mol.